The summed E-state index contributed by atoms with van der Waals surface area (Å²) in [4.78, 5) is 2.62. The van der Waals surface area contributed by atoms with E-state index in [0.29, 0.717) is 11.5 Å². The quantitative estimate of drug-likeness (QED) is 0.788. The van der Waals surface area contributed by atoms with Crippen molar-refractivity contribution in [1.82, 2.24) is 4.90 Å². The third-order valence-electron chi connectivity index (χ3n) is 5.32. The van der Waals surface area contributed by atoms with Crippen molar-refractivity contribution >= 4 is 0 Å². The lowest BCUT2D eigenvalue weighted by Gasteiger charge is -2.51. The van der Waals surface area contributed by atoms with Crippen LogP contribution < -0.4 is 5.73 Å². The molecular formula is C19H40N2. The van der Waals surface area contributed by atoms with Gasteiger partial charge in [0, 0.05) is 12.1 Å². The Labute approximate surface area is 133 Å². The van der Waals surface area contributed by atoms with Crippen LogP contribution in [0.1, 0.15) is 85.5 Å². The van der Waals surface area contributed by atoms with Crippen molar-refractivity contribution in [3.8, 4) is 0 Å². The summed E-state index contributed by atoms with van der Waals surface area (Å²) in [5.74, 6) is 0.851. The van der Waals surface area contributed by atoms with Gasteiger partial charge in [-0.2, -0.15) is 0 Å². The van der Waals surface area contributed by atoms with Crippen LogP contribution in [0, 0.1) is 11.3 Å². The van der Waals surface area contributed by atoms with E-state index in [4.69, 9.17) is 5.73 Å². The second kappa shape index (κ2) is 9.15. The molecule has 0 aromatic rings. The van der Waals surface area contributed by atoms with E-state index in [1.807, 2.05) is 0 Å². The molecule has 0 bridgehead atoms. The molecule has 0 unspecified atom stereocenters. The lowest BCUT2D eigenvalue weighted by molar-refractivity contribution is 0.0221. The minimum Gasteiger partial charge on any atom is -0.328 e. The lowest BCUT2D eigenvalue weighted by atomic mass is 9.58. The number of nitrogens with zero attached hydrogens (tertiary/aromatic N) is 1. The van der Waals surface area contributed by atoms with E-state index in [2.05, 4.69) is 39.6 Å². The molecule has 2 heteroatoms. The molecular weight excluding hydrogens is 256 g/mol. The van der Waals surface area contributed by atoms with Crippen LogP contribution in [-0.4, -0.2) is 30.6 Å². The molecule has 126 valence electrons. The van der Waals surface area contributed by atoms with Crippen LogP contribution in [0.3, 0.4) is 0 Å². The first-order valence-electron chi connectivity index (χ1n) is 9.38. The summed E-state index contributed by atoms with van der Waals surface area (Å²) in [5.41, 5.74) is 6.64. The predicted molar refractivity (Wildman–Crippen MR) is 94.6 cm³/mol. The first kappa shape index (κ1) is 19.0. The molecule has 2 aliphatic carbocycles. The van der Waals surface area contributed by atoms with Crippen LogP contribution >= 0.6 is 0 Å². The van der Waals surface area contributed by atoms with E-state index in [9.17, 15) is 0 Å². The summed E-state index contributed by atoms with van der Waals surface area (Å²) in [6.07, 6.45) is 12.3. The monoisotopic (exact) mass is 296 g/mol. The van der Waals surface area contributed by atoms with Crippen LogP contribution in [0.25, 0.3) is 0 Å². The van der Waals surface area contributed by atoms with Crippen molar-refractivity contribution in [2.24, 2.45) is 17.1 Å². The fourth-order valence-corrected chi connectivity index (χ4v) is 4.05. The fraction of sp³-hybridized carbons (Fsp3) is 1.00. The van der Waals surface area contributed by atoms with Gasteiger partial charge in [-0.3, -0.25) is 0 Å². The fourth-order valence-electron chi connectivity index (χ4n) is 4.05. The molecule has 0 aromatic heterocycles. The highest BCUT2D eigenvalue weighted by atomic mass is 15.1. The van der Waals surface area contributed by atoms with Crippen molar-refractivity contribution in [2.45, 2.75) is 97.6 Å². The Morgan fingerprint density at radius 3 is 2.10 bits per heavy atom. The van der Waals surface area contributed by atoms with E-state index >= 15 is 0 Å². The van der Waals surface area contributed by atoms with Gasteiger partial charge in [-0.1, -0.05) is 34.1 Å². The van der Waals surface area contributed by atoms with Crippen molar-refractivity contribution in [2.75, 3.05) is 13.6 Å². The van der Waals surface area contributed by atoms with Gasteiger partial charge in [-0.15, -0.1) is 0 Å². The maximum Gasteiger partial charge on any atom is 0.00926 e. The van der Waals surface area contributed by atoms with Gasteiger partial charge in [-0.05, 0) is 76.3 Å². The van der Waals surface area contributed by atoms with Crippen molar-refractivity contribution in [3.63, 3.8) is 0 Å². The van der Waals surface area contributed by atoms with Gasteiger partial charge in [0.1, 0.15) is 0 Å². The lowest BCUT2D eigenvalue weighted by Crippen LogP contribution is -2.50. The summed E-state index contributed by atoms with van der Waals surface area (Å²) < 4.78 is 0. The Morgan fingerprint density at radius 2 is 1.67 bits per heavy atom. The van der Waals surface area contributed by atoms with Crippen molar-refractivity contribution in [3.05, 3.63) is 0 Å². The topological polar surface area (TPSA) is 29.3 Å². The Balaban J connectivity index is 0.000000677. The summed E-state index contributed by atoms with van der Waals surface area (Å²) in [5, 5.41) is 0. The molecule has 2 fully saturated rings. The van der Waals surface area contributed by atoms with Gasteiger partial charge in [-0.25, -0.2) is 0 Å². The van der Waals surface area contributed by atoms with E-state index < -0.39 is 0 Å². The van der Waals surface area contributed by atoms with Gasteiger partial charge < -0.3 is 10.6 Å². The average Bonchev–Trinajstić information content (AvgIpc) is 2.38. The molecule has 2 N–H and O–H groups in total. The molecule has 21 heavy (non-hydrogen) atoms. The maximum absolute atomic E-state index is 5.96. The summed E-state index contributed by atoms with van der Waals surface area (Å²) in [6.45, 7) is 10.2. The Morgan fingerprint density at radius 1 is 1.14 bits per heavy atom. The zero-order valence-electron chi connectivity index (χ0n) is 15.3. The number of hydrogen-bond donors (Lipinski definition) is 1. The molecule has 1 spiro atoms. The molecule has 2 rings (SSSR count). The SMILES string of the molecule is CC(C)CCCN(C)C1CCC2(CC1)CC(N)C2.CCC. The predicted octanol–water partition coefficient (Wildman–Crippen LogP) is 4.82. The minimum atomic E-state index is 0.519. The smallest absolute Gasteiger partial charge is 0.00926 e. The molecule has 0 radical (unpaired) electrons. The van der Waals surface area contributed by atoms with E-state index in [1.165, 1.54) is 64.3 Å². The van der Waals surface area contributed by atoms with Gasteiger partial charge in [0.15, 0.2) is 0 Å². The summed E-state index contributed by atoms with van der Waals surface area (Å²) >= 11 is 0. The number of rotatable bonds is 5. The zero-order valence-corrected chi connectivity index (χ0v) is 15.3. The molecule has 0 saturated heterocycles. The van der Waals surface area contributed by atoms with E-state index in [1.54, 1.807) is 0 Å². The van der Waals surface area contributed by atoms with Crippen molar-refractivity contribution < 1.29 is 0 Å². The van der Waals surface area contributed by atoms with Crippen LogP contribution in [0.15, 0.2) is 0 Å². The minimum absolute atomic E-state index is 0.519. The van der Waals surface area contributed by atoms with E-state index in [0.717, 1.165) is 12.0 Å². The van der Waals surface area contributed by atoms with Crippen molar-refractivity contribution in [1.29, 1.82) is 0 Å². The third-order valence-corrected chi connectivity index (χ3v) is 5.32. The van der Waals surface area contributed by atoms with Gasteiger partial charge in [0.2, 0.25) is 0 Å². The molecule has 2 nitrogen and oxygen atoms in total. The Hall–Kier alpha value is -0.0800. The first-order chi connectivity index (χ1) is 9.92. The van der Waals surface area contributed by atoms with E-state index in [-0.39, 0.29) is 0 Å². The van der Waals surface area contributed by atoms with Crippen LogP contribution in [0.5, 0.6) is 0 Å². The summed E-state index contributed by atoms with van der Waals surface area (Å²) in [7, 11) is 2.33. The normalized spacial score (nSPS) is 32.0. The molecule has 0 aromatic carbocycles. The Kier molecular flexibility index (Phi) is 8.26. The highest BCUT2D eigenvalue weighted by Gasteiger charge is 2.44. The maximum atomic E-state index is 5.96. The van der Waals surface area contributed by atoms with Crippen LogP contribution in [0.4, 0.5) is 0 Å². The number of hydrogen-bond acceptors (Lipinski definition) is 2. The molecule has 2 aliphatic rings. The largest absolute Gasteiger partial charge is 0.328 e. The van der Waals surface area contributed by atoms with Crippen LogP contribution in [-0.2, 0) is 0 Å². The van der Waals surface area contributed by atoms with Crippen LogP contribution in [0.2, 0.25) is 0 Å². The first-order valence-corrected chi connectivity index (χ1v) is 9.38. The van der Waals surface area contributed by atoms with Gasteiger partial charge in [0.05, 0.1) is 0 Å². The van der Waals surface area contributed by atoms with Gasteiger partial charge in [0.25, 0.3) is 0 Å². The third kappa shape index (κ3) is 6.28. The summed E-state index contributed by atoms with van der Waals surface area (Å²) in [6, 6.07) is 1.37. The average molecular weight is 297 g/mol. The molecule has 2 saturated carbocycles. The second-order valence-electron chi connectivity index (χ2n) is 8.12. The second-order valence-corrected chi connectivity index (χ2v) is 8.12. The molecule has 0 amide bonds. The standard InChI is InChI=1S/C16H32N2.C3H8/c1-13(2)5-4-10-18(3)15-6-8-16(9-7-15)11-14(17)12-16;1-3-2/h13-15H,4-12,17H2,1-3H3;3H2,1-2H3. The highest BCUT2D eigenvalue weighted by Crippen LogP contribution is 2.51. The molecule has 0 atom stereocenters. The molecule has 0 heterocycles. The zero-order chi connectivity index (χ0) is 15.9. The number of nitrogens with two attached hydrogens (primary N) is 1. The van der Waals surface area contributed by atoms with Gasteiger partial charge >= 0.3 is 0 Å². The highest BCUT2D eigenvalue weighted by molar-refractivity contribution is 4.99. The molecule has 0 aliphatic heterocycles. The Bertz CT molecular complexity index is 259.